The van der Waals surface area contributed by atoms with E-state index < -0.39 is 0 Å². The Hall–Kier alpha value is -1.29. The standard InChI is InChI=1S/C16H17Cl2FN2/c1-21(12-5-2-4-11(19)10-12)9-8-15(20)13-6-3-7-14(17)16(13)18/h2-7,10,15H,8-9,20H2,1H3. The van der Waals surface area contributed by atoms with Gasteiger partial charge in [0.2, 0.25) is 0 Å². The molecule has 2 aromatic carbocycles. The molecule has 21 heavy (non-hydrogen) atoms. The summed E-state index contributed by atoms with van der Waals surface area (Å²) in [5, 5.41) is 1.00. The SMILES string of the molecule is CN(CCC(N)c1cccc(Cl)c1Cl)c1cccc(F)c1. The first kappa shape index (κ1) is 16.1. The third kappa shape index (κ3) is 4.10. The molecule has 1 unspecified atom stereocenters. The number of nitrogens with two attached hydrogens (primary N) is 1. The van der Waals surface area contributed by atoms with Crippen LogP contribution in [-0.2, 0) is 0 Å². The summed E-state index contributed by atoms with van der Waals surface area (Å²) in [6.45, 7) is 0.688. The number of hydrogen-bond acceptors (Lipinski definition) is 2. The topological polar surface area (TPSA) is 29.3 Å². The van der Waals surface area contributed by atoms with E-state index in [1.54, 1.807) is 12.1 Å². The number of nitrogens with zero attached hydrogens (tertiary/aromatic N) is 1. The van der Waals surface area contributed by atoms with E-state index in [4.69, 9.17) is 28.9 Å². The number of anilines is 1. The van der Waals surface area contributed by atoms with Gasteiger partial charge >= 0.3 is 0 Å². The van der Waals surface area contributed by atoms with Crippen LogP contribution >= 0.6 is 23.2 Å². The maximum atomic E-state index is 13.2. The van der Waals surface area contributed by atoms with E-state index in [1.165, 1.54) is 12.1 Å². The van der Waals surface area contributed by atoms with Crippen LogP contribution < -0.4 is 10.6 Å². The van der Waals surface area contributed by atoms with Gasteiger partial charge in [-0.1, -0.05) is 41.4 Å². The van der Waals surface area contributed by atoms with Gasteiger partial charge < -0.3 is 10.6 Å². The molecule has 0 saturated heterocycles. The third-order valence-corrected chi connectivity index (χ3v) is 4.24. The van der Waals surface area contributed by atoms with Crippen LogP contribution in [-0.4, -0.2) is 13.6 Å². The first-order valence-electron chi connectivity index (χ1n) is 6.65. The van der Waals surface area contributed by atoms with Crippen molar-refractivity contribution in [1.29, 1.82) is 0 Å². The predicted octanol–water partition coefficient (Wildman–Crippen LogP) is 4.66. The van der Waals surface area contributed by atoms with Crippen molar-refractivity contribution in [2.24, 2.45) is 5.73 Å². The lowest BCUT2D eigenvalue weighted by Crippen LogP contribution is -2.23. The second-order valence-electron chi connectivity index (χ2n) is 4.94. The van der Waals surface area contributed by atoms with Crippen LogP contribution in [0.5, 0.6) is 0 Å². The smallest absolute Gasteiger partial charge is 0.125 e. The fraction of sp³-hybridized carbons (Fsp3) is 0.250. The van der Waals surface area contributed by atoms with Crippen LogP contribution in [0.15, 0.2) is 42.5 Å². The maximum Gasteiger partial charge on any atom is 0.125 e. The molecule has 0 saturated carbocycles. The van der Waals surface area contributed by atoms with Crippen molar-refractivity contribution in [3.8, 4) is 0 Å². The summed E-state index contributed by atoms with van der Waals surface area (Å²) in [5.41, 5.74) is 7.83. The lowest BCUT2D eigenvalue weighted by atomic mass is 10.0. The first-order chi connectivity index (χ1) is 9.99. The second-order valence-corrected chi connectivity index (χ2v) is 5.72. The molecule has 0 radical (unpaired) electrons. The van der Waals surface area contributed by atoms with Gasteiger partial charge in [0.1, 0.15) is 5.82 Å². The zero-order valence-electron chi connectivity index (χ0n) is 11.7. The van der Waals surface area contributed by atoms with Gasteiger partial charge in [0.25, 0.3) is 0 Å². The normalized spacial score (nSPS) is 12.2. The minimum atomic E-state index is -0.249. The Morgan fingerprint density at radius 2 is 1.90 bits per heavy atom. The summed E-state index contributed by atoms with van der Waals surface area (Å²) >= 11 is 12.2. The maximum absolute atomic E-state index is 13.2. The number of halogens is 3. The molecular formula is C16H17Cl2FN2. The second kappa shape index (κ2) is 7.12. The molecule has 0 spiro atoms. The van der Waals surface area contributed by atoms with Crippen LogP contribution in [0.4, 0.5) is 10.1 Å². The van der Waals surface area contributed by atoms with Gasteiger partial charge in [0.15, 0.2) is 0 Å². The highest BCUT2D eigenvalue weighted by Gasteiger charge is 2.13. The Labute approximate surface area is 134 Å². The summed E-state index contributed by atoms with van der Waals surface area (Å²) in [6, 6.07) is 11.7. The van der Waals surface area contributed by atoms with Crippen molar-refractivity contribution in [3.05, 3.63) is 63.9 Å². The molecule has 0 aliphatic heterocycles. The van der Waals surface area contributed by atoms with Crippen molar-refractivity contribution in [2.45, 2.75) is 12.5 Å². The summed E-state index contributed by atoms with van der Waals surface area (Å²) in [4.78, 5) is 1.96. The molecule has 0 amide bonds. The van der Waals surface area contributed by atoms with Crippen molar-refractivity contribution >= 4 is 28.9 Å². The van der Waals surface area contributed by atoms with Gasteiger partial charge in [-0.15, -0.1) is 0 Å². The Morgan fingerprint density at radius 1 is 1.19 bits per heavy atom. The Kier molecular flexibility index (Phi) is 5.45. The molecule has 112 valence electrons. The number of benzene rings is 2. The number of hydrogen-bond donors (Lipinski definition) is 1. The number of rotatable bonds is 5. The third-order valence-electron chi connectivity index (χ3n) is 3.41. The van der Waals surface area contributed by atoms with E-state index in [9.17, 15) is 4.39 Å². The van der Waals surface area contributed by atoms with Crippen molar-refractivity contribution in [1.82, 2.24) is 0 Å². The highest BCUT2D eigenvalue weighted by Crippen LogP contribution is 2.30. The van der Waals surface area contributed by atoms with Gasteiger partial charge in [0, 0.05) is 25.3 Å². The highest BCUT2D eigenvalue weighted by molar-refractivity contribution is 6.42. The molecule has 2 nitrogen and oxygen atoms in total. The van der Waals surface area contributed by atoms with Gasteiger partial charge in [-0.3, -0.25) is 0 Å². The first-order valence-corrected chi connectivity index (χ1v) is 7.41. The summed E-state index contributed by atoms with van der Waals surface area (Å²) < 4.78 is 13.2. The molecule has 1 atom stereocenters. The van der Waals surface area contributed by atoms with Gasteiger partial charge in [-0.25, -0.2) is 4.39 Å². The predicted molar refractivity (Wildman–Crippen MR) is 87.7 cm³/mol. The fourth-order valence-corrected chi connectivity index (χ4v) is 2.59. The summed E-state index contributed by atoms with van der Waals surface area (Å²) in [7, 11) is 1.90. The van der Waals surface area contributed by atoms with Gasteiger partial charge in [0.05, 0.1) is 10.0 Å². The van der Waals surface area contributed by atoms with Crippen molar-refractivity contribution in [3.63, 3.8) is 0 Å². The molecule has 0 aliphatic rings. The molecule has 0 heterocycles. The molecule has 0 bridgehead atoms. The minimum absolute atomic E-state index is 0.216. The molecule has 0 fully saturated rings. The van der Waals surface area contributed by atoms with E-state index in [2.05, 4.69) is 0 Å². The van der Waals surface area contributed by atoms with Crippen molar-refractivity contribution < 1.29 is 4.39 Å². The van der Waals surface area contributed by atoms with E-state index in [1.807, 2.05) is 30.1 Å². The largest absolute Gasteiger partial charge is 0.374 e. The Bertz CT molecular complexity index is 619. The fourth-order valence-electron chi connectivity index (χ4n) is 2.14. The molecular weight excluding hydrogens is 310 g/mol. The van der Waals surface area contributed by atoms with E-state index in [0.717, 1.165) is 11.3 Å². The van der Waals surface area contributed by atoms with Gasteiger partial charge in [-0.05, 0) is 36.2 Å². The van der Waals surface area contributed by atoms with E-state index >= 15 is 0 Å². The van der Waals surface area contributed by atoms with E-state index in [0.29, 0.717) is 23.0 Å². The van der Waals surface area contributed by atoms with Gasteiger partial charge in [-0.2, -0.15) is 0 Å². The van der Waals surface area contributed by atoms with Crippen LogP contribution in [0.1, 0.15) is 18.0 Å². The molecule has 2 aromatic rings. The van der Waals surface area contributed by atoms with Crippen molar-refractivity contribution in [2.75, 3.05) is 18.5 Å². The van der Waals surface area contributed by atoms with Crippen LogP contribution in [0.3, 0.4) is 0 Å². The van der Waals surface area contributed by atoms with Crippen LogP contribution in [0, 0.1) is 5.82 Å². The zero-order valence-corrected chi connectivity index (χ0v) is 13.2. The quantitative estimate of drug-likeness (QED) is 0.865. The average Bonchev–Trinajstić information content (AvgIpc) is 2.47. The minimum Gasteiger partial charge on any atom is -0.374 e. The Balaban J connectivity index is 2.00. The van der Waals surface area contributed by atoms with Crippen LogP contribution in [0.25, 0.3) is 0 Å². The lowest BCUT2D eigenvalue weighted by molar-refractivity contribution is 0.623. The molecule has 2 rings (SSSR count). The zero-order chi connectivity index (χ0) is 15.4. The molecule has 5 heteroatoms. The lowest BCUT2D eigenvalue weighted by Gasteiger charge is -2.22. The van der Waals surface area contributed by atoms with Crippen LogP contribution in [0.2, 0.25) is 10.0 Å². The highest BCUT2D eigenvalue weighted by atomic mass is 35.5. The van der Waals surface area contributed by atoms with E-state index in [-0.39, 0.29) is 11.9 Å². The summed E-state index contributed by atoms with van der Waals surface area (Å²) in [5.74, 6) is -0.249. The Morgan fingerprint density at radius 3 is 2.62 bits per heavy atom. The summed E-state index contributed by atoms with van der Waals surface area (Å²) in [6.07, 6.45) is 0.688. The molecule has 0 aromatic heterocycles. The average molecular weight is 327 g/mol. The molecule has 2 N–H and O–H groups in total. The monoisotopic (exact) mass is 326 g/mol. The molecule has 0 aliphatic carbocycles.